The number of nitrogen functional groups attached to an aromatic ring is 1. The molecule has 8 heteroatoms. The van der Waals surface area contributed by atoms with Crippen molar-refractivity contribution in [2.45, 2.75) is 57.0 Å². The number of urea groups is 1. The lowest BCUT2D eigenvalue weighted by Gasteiger charge is -2.28. The fourth-order valence-corrected chi connectivity index (χ4v) is 3.73. The Labute approximate surface area is 126 Å². The number of aromatic nitrogens is 2. The van der Waals surface area contributed by atoms with Crippen LogP contribution >= 0.6 is 11.3 Å². The van der Waals surface area contributed by atoms with E-state index in [4.69, 9.17) is 5.73 Å². The van der Waals surface area contributed by atoms with Crippen LogP contribution in [0.25, 0.3) is 0 Å². The van der Waals surface area contributed by atoms with Crippen LogP contribution in [-0.4, -0.2) is 32.6 Å². The van der Waals surface area contributed by atoms with Crippen molar-refractivity contribution in [2.75, 3.05) is 5.73 Å². The zero-order valence-corrected chi connectivity index (χ0v) is 12.6. The molecule has 1 saturated carbocycles. The number of carbonyl (C=O) groups excluding carboxylic acids is 2. The van der Waals surface area contributed by atoms with E-state index in [1.54, 1.807) is 0 Å². The van der Waals surface area contributed by atoms with Gasteiger partial charge in [-0.3, -0.25) is 9.69 Å². The van der Waals surface area contributed by atoms with Gasteiger partial charge >= 0.3 is 6.03 Å². The van der Waals surface area contributed by atoms with Crippen molar-refractivity contribution in [3.8, 4) is 0 Å². The van der Waals surface area contributed by atoms with Crippen LogP contribution in [0.2, 0.25) is 0 Å². The van der Waals surface area contributed by atoms with E-state index in [-0.39, 0.29) is 18.5 Å². The molecule has 0 atom stereocenters. The zero-order chi connectivity index (χ0) is 14.9. The number of nitrogens with one attached hydrogen (secondary N) is 1. The molecule has 1 aromatic heterocycles. The Morgan fingerprint density at radius 1 is 1.14 bits per heavy atom. The summed E-state index contributed by atoms with van der Waals surface area (Å²) in [5, 5.41) is 11.5. The maximum Gasteiger partial charge on any atom is 0.325 e. The van der Waals surface area contributed by atoms with E-state index >= 15 is 0 Å². The van der Waals surface area contributed by atoms with E-state index in [2.05, 4.69) is 15.5 Å². The predicted molar refractivity (Wildman–Crippen MR) is 78.5 cm³/mol. The van der Waals surface area contributed by atoms with Crippen LogP contribution in [-0.2, 0) is 11.3 Å². The highest BCUT2D eigenvalue weighted by Gasteiger charge is 2.50. The number of hydrogen-bond acceptors (Lipinski definition) is 6. The number of carbonyl (C=O) groups is 2. The fraction of sp³-hybridized carbons (Fsp3) is 0.692. The minimum Gasteiger partial charge on any atom is -0.374 e. The van der Waals surface area contributed by atoms with Gasteiger partial charge in [-0.05, 0) is 12.8 Å². The Kier molecular flexibility index (Phi) is 3.79. The maximum atomic E-state index is 12.7. The zero-order valence-electron chi connectivity index (χ0n) is 11.8. The third kappa shape index (κ3) is 2.72. The summed E-state index contributed by atoms with van der Waals surface area (Å²) < 4.78 is 0. The van der Waals surface area contributed by atoms with Gasteiger partial charge < -0.3 is 11.1 Å². The van der Waals surface area contributed by atoms with Gasteiger partial charge in [0.05, 0.1) is 6.54 Å². The highest BCUT2D eigenvalue weighted by molar-refractivity contribution is 7.15. The molecule has 0 radical (unpaired) electrons. The minimum absolute atomic E-state index is 0.122. The van der Waals surface area contributed by atoms with Crippen LogP contribution in [0.3, 0.4) is 0 Å². The normalized spacial score (nSPS) is 22.2. The monoisotopic (exact) mass is 309 g/mol. The van der Waals surface area contributed by atoms with Crippen molar-refractivity contribution in [2.24, 2.45) is 0 Å². The molecule has 2 aliphatic rings. The molecule has 1 saturated heterocycles. The summed E-state index contributed by atoms with van der Waals surface area (Å²) in [7, 11) is 0. The number of amides is 3. The molecule has 114 valence electrons. The van der Waals surface area contributed by atoms with Crippen LogP contribution in [0.4, 0.5) is 9.93 Å². The first-order valence-corrected chi connectivity index (χ1v) is 8.14. The van der Waals surface area contributed by atoms with E-state index < -0.39 is 5.54 Å². The van der Waals surface area contributed by atoms with Crippen molar-refractivity contribution in [1.29, 1.82) is 0 Å². The van der Waals surface area contributed by atoms with Crippen LogP contribution in [0, 0.1) is 0 Å². The largest absolute Gasteiger partial charge is 0.374 e. The summed E-state index contributed by atoms with van der Waals surface area (Å²) >= 11 is 1.20. The fourth-order valence-electron chi connectivity index (χ4n) is 3.13. The molecule has 1 aliphatic heterocycles. The first-order chi connectivity index (χ1) is 10.1. The second kappa shape index (κ2) is 5.59. The third-order valence-corrected chi connectivity index (χ3v) is 4.97. The number of nitrogens with zero attached hydrogens (tertiary/aromatic N) is 3. The molecule has 1 spiro atoms. The van der Waals surface area contributed by atoms with Gasteiger partial charge in [0.1, 0.15) is 10.5 Å². The van der Waals surface area contributed by atoms with Gasteiger partial charge in [-0.25, -0.2) is 4.79 Å². The van der Waals surface area contributed by atoms with Gasteiger partial charge in [0.2, 0.25) is 5.13 Å². The standard InChI is InChI=1S/C13H19N5O2S/c14-11-17-16-9(21-11)8-18-10(19)13(15-12(18)20)6-4-2-1-3-5-7-13/h1-8H2,(H2,14,17)(H,15,20). The van der Waals surface area contributed by atoms with Crippen molar-refractivity contribution in [3.63, 3.8) is 0 Å². The minimum atomic E-state index is -0.701. The van der Waals surface area contributed by atoms with Crippen molar-refractivity contribution in [1.82, 2.24) is 20.4 Å². The Morgan fingerprint density at radius 2 is 1.81 bits per heavy atom. The quantitative estimate of drug-likeness (QED) is 0.809. The second-order valence-electron chi connectivity index (χ2n) is 5.71. The molecule has 0 bridgehead atoms. The number of imide groups is 1. The van der Waals surface area contributed by atoms with E-state index in [0.717, 1.165) is 38.5 Å². The Morgan fingerprint density at radius 3 is 2.43 bits per heavy atom. The Hall–Kier alpha value is -1.70. The van der Waals surface area contributed by atoms with E-state index in [9.17, 15) is 9.59 Å². The number of hydrogen-bond donors (Lipinski definition) is 2. The topological polar surface area (TPSA) is 101 Å². The average Bonchev–Trinajstić information content (AvgIpc) is 2.92. The van der Waals surface area contributed by atoms with Gasteiger partial charge in [-0.1, -0.05) is 43.4 Å². The predicted octanol–water partition coefficient (Wildman–Crippen LogP) is 1.66. The molecule has 1 aromatic rings. The third-order valence-electron chi connectivity index (χ3n) is 4.23. The van der Waals surface area contributed by atoms with Crippen LogP contribution < -0.4 is 11.1 Å². The molecule has 1 aliphatic carbocycles. The Bertz CT molecular complexity index is 551. The molecule has 2 fully saturated rings. The van der Waals surface area contributed by atoms with Gasteiger partial charge in [-0.2, -0.15) is 0 Å². The number of anilines is 1. The SMILES string of the molecule is Nc1nnc(CN2C(=O)NC3(CCCCCCC3)C2=O)s1. The summed E-state index contributed by atoms with van der Waals surface area (Å²) in [5.74, 6) is -0.122. The van der Waals surface area contributed by atoms with Crippen LogP contribution in [0.5, 0.6) is 0 Å². The van der Waals surface area contributed by atoms with E-state index in [1.165, 1.54) is 22.7 Å². The highest BCUT2D eigenvalue weighted by atomic mass is 32.1. The maximum absolute atomic E-state index is 12.7. The number of nitrogens with two attached hydrogens (primary N) is 1. The summed E-state index contributed by atoms with van der Waals surface area (Å²) in [6.45, 7) is 0.154. The molecular weight excluding hydrogens is 290 g/mol. The molecule has 7 nitrogen and oxygen atoms in total. The lowest BCUT2D eigenvalue weighted by atomic mass is 9.84. The lowest BCUT2D eigenvalue weighted by molar-refractivity contribution is -0.132. The molecular formula is C13H19N5O2S. The van der Waals surface area contributed by atoms with Crippen molar-refractivity contribution >= 4 is 28.4 Å². The van der Waals surface area contributed by atoms with Gasteiger partial charge in [0.15, 0.2) is 0 Å². The summed E-state index contributed by atoms with van der Waals surface area (Å²) in [6, 6.07) is -0.325. The highest BCUT2D eigenvalue weighted by Crippen LogP contribution is 2.33. The van der Waals surface area contributed by atoms with Crippen LogP contribution in [0.1, 0.15) is 50.0 Å². The van der Waals surface area contributed by atoms with Crippen LogP contribution in [0.15, 0.2) is 0 Å². The molecule has 3 N–H and O–H groups in total. The number of rotatable bonds is 2. The second-order valence-corrected chi connectivity index (χ2v) is 6.80. The first kappa shape index (κ1) is 14.2. The first-order valence-electron chi connectivity index (χ1n) is 7.33. The van der Waals surface area contributed by atoms with E-state index in [1.807, 2.05) is 0 Å². The van der Waals surface area contributed by atoms with Crippen molar-refractivity contribution in [3.05, 3.63) is 5.01 Å². The molecule has 21 heavy (non-hydrogen) atoms. The van der Waals surface area contributed by atoms with Gasteiger partial charge in [0.25, 0.3) is 5.91 Å². The average molecular weight is 309 g/mol. The van der Waals surface area contributed by atoms with Gasteiger partial charge in [0, 0.05) is 0 Å². The lowest BCUT2D eigenvalue weighted by Crippen LogP contribution is -2.47. The molecule has 0 aromatic carbocycles. The molecule has 3 rings (SSSR count). The summed E-state index contributed by atoms with van der Waals surface area (Å²) in [4.78, 5) is 26.2. The van der Waals surface area contributed by atoms with E-state index in [0.29, 0.717) is 10.1 Å². The molecule has 2 heterocycles. The Balaban J connectivity index is 1.77. The van der Waals surface area contributed by atoms with Gasteiger partial charge in [-0.15, -0.1) is 10.2 Å². The molecule has 3 amide bonds. The van der Waals surface area contributed by atoms with Crippen molar-refractivity contribution < 1.29 is 9.59 Å². The smallest absolute Gasteiger partial charge is 0.325 e. The molecule has 0 unspecified atom stereocenters. The summed E-state index contributed by atoms with van der Waals surface area (Å²) in [6.07, 6.45) is 6.87. The summed E-state index contributed by atoms with van der Waals surface area (Å²) in [5.41, 5.74) is 4.84.